The molecule has 0 heterocycles. The Morgan fingerprint density at radius 1 is 0.560 bits per heavy atom. The van der Waals surface area contributed by atoms with E-state index in [4.69, 9.17) is 5.73 Å². The molecule has 2 heteroatoms. The summed E-state index contributed by atoms with van der Waals surface area (Å²) in [6.45, 7) is 9.22. The van der Waals surface area contributed by atoms with Crippen LogP contribution in [0.3, 0.4) is 0 Å². The Morgan fingerprint density at radius 3 is 1.44 bits per heavy atom. The highest BCUT2D eigenvalue weighted by Crippen LogP contribution is 2.34. The summed E-state index contributed by atoms with van der Waals surface area (Å²) in [7, 11) is 0. The average Bonchev–Trinajstić information content (AvgIpc) is 2.59. The van der Waals surface area contributed by atoms with Crippen LogP contribution in [0.4, 0.5) is 0 Å². The van der Waals surface area contributed by atoms with E-state index < -0.39 is 0 Å². The molecular formula is C23H50BrN. The molecule has 0 fully saturated rings. The van der Waals surface area contributed by atoms with Crippen LogP contribution in [-0.2, 0) is 0 Å². The van der Waals surface area contributed by atoms with Crippen LogP contribution in [0.5, 0.6) is 0 Å². The predicted octanol–water partition coefficient (Wildman–Crippen LogP) is 8.59. The zero-order chi connectivity index (χ0) is 18.1. The van der Waals surface area contributed by atoms with Crippen LogP contribution >= 0.6 is 17.0 Å². The summed E-state index contributed by atoms with van der Waals surface area (Å²) in [5.41, 5.74) is 7.15. The SMILES string of the molecule is Br.CCCCCCCCCC(CCCC)C(N)(CCCC)CCCC. The first-order valence-corrected chi connectivity index (χ1v) is 11.4. The lowest BCUT2D eigenvalue weighted by molar-refractivity contribution is 0.193. The zero-order valence-corrected chi connectivity index (χ0v) is 19.8. The van der Waals surface area contributed by atoms with Crippen molar-refractivity contribution in [2.45, 2.75) is 142 Å². The first-order chi connectivity index (χ1) is 11.6. The standard InChI is InChI=1S/C23H49N.BrH/c1-5-9-13-14-15-16-17-19-22(18-10-6-2)23(24,20-11-7-3)21-12-8-4;/h22H,5-21,24H2,1-4H3;1H. The van der Waals surface area contributed by atoms with Gasteiger partial charge in [0.15, 0.2) is 0 Å². The monoisotopic (exact) mass is 419 g/mol. The van der Waals surface area contributed by atoms with Crippen LogP contribution in [0.1, 0.15) is 137 Å². The summed E-state index contributed by atoms with van der Waals surface area (Å²) < 4.78 is 0. The quantitative estimate of drug-likeness (QED) is 0.221. The number of rotatable bonds is 18. The van der Waals surface area contributed by atoms with Crippen LogP contribution in [0.2, 0.25) is 0 Å². The lowest BCUT2D eigenvalue weighted by atomic mass is 9.72. The summed E-state index contributed by atoms with van der Waals surface area (Å²) >= 11 is 0. The van der Waals surface area contributed by atoms with Gasteiger partial charge in [-0.2, -0.15) is 0 Å². The molecule has 0 rings (SSSR count). The van der Waals surface area contributed by atoms with Crippen molar-refractivity contribution in [3.8, 4) is 0 Å². The molecule has 25 heavy (non-hydrogen) atoms. The summed E-state index contributed by atoms with van der Waals surface area (Å²) in [5, 5.41) is 0. The predicted molar refractivity (Wildman–Crippen MR) is 122 cm³/mol. The minimum absolute atomic E-state index is 0. The van der Waals surface area contributed by atoms with Crippen molar-refractivity contribution in [3.63, 3.8) is 0 Å². The topological polar surface area (TPSA) is 26.0 Å². The van der Waals surface area contributed by atoms with Crippen LogP contribution in [0, 0.1) is 5.92 Å². The fourth-order valence-corrected chi connectivity index (χ4v) is 4.06. The Morgan fingerprint density at radius 2 is 0.960 bits per heavy atom. The van der Waals surface area contributed by atoms with Gasteiger partial charge in [-0.25, -0.2) is 0 Å². The molecule has 0 amide bonds. The Kier molecular flexibility index (Phi) is 21.2. The molecule has 0 aliphatic heterocycles. The first-order valence-electron chi connectivity index (χ1n) is 11.4. The normalized spacial score (nSPS) is 12.8. The van der Waals surface area contributed by atoms with Gasteiger partial charge in [0.2, 0.25) is 0 Å². The van der Waals surface area contributed by atoms with E-state index in [0.29, 0.717) is 0 Å². The van der Waals surface area contributed by atoms with E-state index in [0.717, 1.165) is 5.92 Å². The molecule has 0 spiro atoms. The molecule has 0 aliphatic rings. The molecule has 0 aromatic rings. The van der Waals surface area contributed by atoms with Gasteiger partial charge >= 0.3 is 0 Å². The van der Waals surface area contributed by atoms with Crippen molar-refractivity contribution >= 4 is 17.0 Å². The maximum absolute atomic E-state index is 7.04. The second-order valence-electron chi connectivity index (χ2n) is 8.19. The van der Waals surface area contributed by atoms with Crippen molar-refractivity contribution in [3.05, 3.63) is 0 Å². The van der Waals surface area contributed by atoms with E-state index in [-0.39, 0.29) is 22.5 Å². The Hall–Kier alpha value is 0.440. The molecule has 1 atom stereocenters. The second kappa shape index (κ2) is 19.2. The molecule has 0 bridgehead atoms. The molecule has 2 N–H and O–H groups in total. The minimum atomic E-state index is 0. The Bertz CT molecular complexity index is 246. The van der Waals surface area contributed by atoms with E-state index in [1.165, 1.54) is 109 Å². The fraction of sp³-hybridized carbons (Fsp3) is 1.00. The van der Waals surface area contributed by atoms with E-state index >= 15 is 0 Å². The van der Waals surface area contributed by atoms with Crippen molar-refractivity contribution in [2.24, 2.45) is 11.7 Å². The third-order valence-electron chi connectivity index (χ3n) is 5.87. The van der Waals surface area contributed by atoms with Crippen LogP contribution in [0.25, 0.3) is 0 Å². The highest BCUT2D eigenvalue weighted by molar-refractivity contribution is 8.93. The van der Waals surface area contributed by atoms with Gasteiger partial charge < -0.3 is 5.73 Å². The highest BCUT2D eigenvalue weighted by Gasteiger charge is 2.32. The molecule has 0 aliphatic carbocycles. The maximum atomic E-state index is 7.04. The molecule has 0 aromatic carbocycles. The van der Waals surface area contributed by atoms with Crippen LogP contribution < -0.4 is 5.73 Å². The van der Waals surface area contributed by atoms with Gasteiger partial charge in [0, 0.05) is 5.54 Å². The lowest BCUT2D eigenvalue weighted by Gasteiger charge is -2.39. The number of hydrogen-bond donors (Lipinski definition) is 1. The summed E-state index contributed by atoms with van der Waals surface area (Å²) in [5.74, 6) is 0.756. The fourth-order valence-electron chi connectivity index (χ4n) is 4.06. The number of halogens is 1. The van der Waals surface area contributed by atoms with E-state index in [9.17, 15) is 0 Å². The molecule has 0 radical (unpaired) electrons. The second-order valence-corrected chi connectivity index (χ2v) is 8.19. The maximum Gasteiger partial charge on any atom is 0.0182 e. The van der Waals surface area contributed by atoms with Gasteiger partial charge in [-0.1, -0.05) is 111 Å². The first kappa shape index (κ1) is 27.7. The van der Waals surface area contributed by atoms with Gasteiger partial charge in [-0.05, 0) is 31.6 Å². The van der Waals surface area contributed by atoms with Crippen molar-refractivity contribution in [1.82, 2.24) is 0 Å². The van der Waals surface area contributed by atoms with Crippen LogP contribution in [-0.4, -0.2) is 5.54 Å². The van der Waals surface area contributed by atoms with Gasteiger partial charge in [0.1, 0.15) is 0 Å². The number of unbranched alkanes of at least 4 members (excludes halogenated alkanes) is 9. The summed E-state index contributed by atoms with van der Waals surface area (Å²) in [4.78, 5) is 0. The minimum Gasteiger partial charge on any atom is -0.325 e. The Labute approximate surface area is 171 Å². The third-order valence-corrected chi connectivity index (χ3v) is 5.87. The Balaban J connectivity index is 0. The average molecular weight is 421 g/mol. The number of nitrogens with two attached hydrogens (primary N) is 1. The largest absolute Gasteiger partial charge is 0.325 e. The molecule has 0 saturated carbocycles. The van der Waals surface area contributed by atoms with Crippen LogP contribution in [0.15, 0.2) is 0 Å². The number of hydrogen-bond acceptors (Lipinski definition) is 1. The van der Waals surface area contributed by atoms with E-state index in [1.54, 1.807) is 0 Å². The van der Waals surface area contributed by atoms with Crippen molar-refractivity contribution in [2.75, 3.05) is 0 Å². The third kappa shape index (κ3) is 14.2. The molecule has 154 valence electrons. The molecule has 1 unspecified atom stereocenters. The van der Waals surface area contributed by atoms with E-state index in [2.05, 4.69) is 27.7 Å². The summed E-state index contributed by atoms with van der Waals surface area (Å²) in [6.07, 6.45) is 23.0. The van der Waals surface area contributed by atoms with Crippen molar-refractivity contribution < 1.29 is 0 Å². The van der Waals surface area contributed by atoms with Crippen molar-refractivity contribution in [1.29, 1.82) is 0 Å². The molecule has 1 nitrogen and oxygen atoms in total. The zero-order valence-electron chi connectivity index (χ0n) is 18.1. The van der Waals surface area contributed by atoms with E-state index in [1.807, 2.05) is 0 Å². The highest BCUT2D eigenvalue weighted by atomic mass is 79.9. The van der Waals surface area contributed by atoms with Gasteiger partial charge in [-0.15, -0.1) is 17.0 Å². The van der Waals surface area contributed by atoms with Gasteiger partial charge in [0.25, 0.3) is 0 Å². The lowest BCUT2D eigenvalue weighted by Crippen LogP contribution is -2.47. The molecular weight excluding hydrogens is 370 g/mol. The molecule has 0 aromatic heterocycles. The molecule has 0 saturated heterocycles. The smallest absolute Gasteiger partial charge is 0.0182 e. The van der Waals surface area contributed by atoms with Gasteiger partial charge in [0.05, 0.1) is 0 Å². The van der Waals surface area contributed by atoms with Gasteiger partial charge in [-0.3, -0.25) is 0 Å². The summed E-state index contributed by atoms with van der Waals surface area (Å²) in [6, 6.07) is 0.